The van der Waals surface area contributed by atoms with Crippen LogP contribution in [-0.4, -0.2) is 56.4 Å². The third-order valence-corrected chi connectivity index (χ3v) is 6.40. The molecule has 5 nitrogen and oxygen atoms in total. The van der Waals surface area contributed by atoms with Crippen molar-refractivity contribution >= 4 is 23.4 Å². The highest BCUT2D eigenvalue weighted by Crippen LogP contribution is 2.29. The Balaban J connectivity index is 1.63. The summed E-state index contributed by atoms with van der Waals surface area (Å²) in [6.45, 7) is 8.91. The largest absolute Gasteiger partial charge is 0.497 e. The molecule has 0 radical (unpaired) electrons. The van der Waals surface area contributed by atoms with Gasteiger partial charge in [0.25, 0.3) is 0 Å². The normalized spacial score (nSPS) is 15.7. The Morgan fingerprint density at radius 1 is 1.20 bits per heavy atom. The molecule has 2 aromatic carbocycles. The highest BCUT2D eigenvalue weighted by molar-refractivity contribution is 8.00. The second kappa shape index (κ2) is 10.7. The molecule has 1 N–H and O–H groups in total. The summed E-state index contributed by atoms with van der Waals surface area (Å²) in [6, 6.07) is 12.2. The lowest BCUT2D eigenvalue weighted by Gasteiger charge is -2.37. The number of nitrogens with one attached hydrogen (secondary N) is 1. The van der Waals surface area contributed by atoms with Crippen molar-refractivity contribution in [2.24, 2.45) is 0 Å². The van der Waals surface area contributed by atoms with Gasteiger partial charge in [-0.3, -0.25) is 4.79 Å². The summed E-state index contributed by atoms with van der Waals surface area (Å²) in [5.41, 5.74) is 1.82. The molecule has 2 aromatic rings. The van der Waals surface area contributed by atoms with Crippen molar-refractivity contribution in [3.05, 3.63) is 53.8 Å². The number of piperazine rings is 1. The molecule has 30 heavy (non-hydrogen) atoms. The molecule has 1 fully saturated rings. The van der Waals surface area contributed by atoms with E-state index in [9.17, 15) is 9.18 Å². The molecule has 1 atom stereocenters. The number of rotatable bonds is 8. The topological polar surface area (TPSA) is 44.8 Å². The van der Waals surface area contributed by atoms with Crippen LogP contribution in [0.15, 0.2) is 47.4 Å². The van der Waals surface area contributed by atoms with E-state index in [0.717, 1.165) is 54.6 Å². The molecule has 1 amide bonds. The van der Waals surface area contributed by atoms with Gasteiger partial charge in [-0.2, -0.15) is 0 Å². The van der Waals surface area contributed by atoms with Crippen molar-refractivity contribution in [3.63, 3.8) is 0 Å². The minimum atomic E-state index is -0.284. The van der Waals surface area contributed by atoms with Gasteiger partial charge in [-0.15, -0.1) is 11.8 Å². The van der Waals surface area contributed by atoms with E-state index in [1.165, 1.54) is 17.8 Å². The summed E-state index contributed by atoms with van der Waals surface area (Å²) in [7, 11) is 1.62. The van der Waals surface area contributed by atoms with Crippen molar-refractivity contribution in [1.82, 2.24) is 10.2 Å². The lowest BCUT2D eigenvalue weighted by atomic mass is 10.0. The lowest BCUT2D eigenvalue weighted by Crippen LogP contribution is -2.46. The van der Waals surface area contributed by atoms with Gasteiger partial charge in [0.2, 0.25) is 5.91 Å². The average Bonchev–Trinajstić information content (AvgIpc) is 2.78. The number of anilines is 1. The number of nitrogens with zero attached hydrogens (tertiary/aromatic N) is 2. The summed E-state index contributed by atoms with van der Waals surface area (Å²) >= 11 is 1.45. The van der Waals surface area contributed by atoms with E-state index < -0.39 is 0 Å². The zero-order valence-corrected chi connectivity index (χ0v) is 18.7. The predicted octanol–water partition coefficient (Wildman–Crippen LogP) is 3.95. The van der Waals surface area contributed by atoms with E-state index in [1.54, 1.807) is 13.2 Å². The summed E-state index contributed by atoms with van der Waals surface area (Å²) in [5.74, 6) is 0.688. The Labute approximate surface area is 182 Å². The fourth-order valence-corrected chi connectivity index (χ4v) is 4.42. The van der Waals surface area contributed by atoms with Crippen molar-refractivity contribution in [1.29, 1.82) is 0 Å². The molecular weight excluding hydrogens is 401 g/mol. The number of likely N-dealkylation sites (N-methyl/N-ethyl adjacent to an activating group) is 1. The number of thioether (sulfide) groups is 1. The second-order valence-corrected chi connectivity index (χ2v) is 8.43. The van der Waals surface area contributed by atoms with Crippen LogP contribution in [0.1, 0.15) is 25.5 Å². The summed E-state index contributed by atoms with van der Waals surface area (Å²) in [4.78, 5) is 18.2. The third kappa shape index (κ3) is 5.89. The number of methoxy groups -OCH3 is 1. The summed E-state index contributed by atoms with van der Waals surface area (Å²) in [6.07, 6.45) is 0. The van der Waals surface area contributed by atoms with Crippen LogP contribution < -0.4 is 15.0 Å². The van der Waals surface area contributed by atoms with Crippen molar-refractivity contribution in [3.8, 4) is 5.75 Å². The zero-order chi connectivity index (χ0) is 21.5. The molecule has 3 rings (SSSR count). The SMILES string of the molecule is CCN1CCN(c2ccc(F)cc2C(C)NC(=O)CSc2cccc(OC)c2)CC1. The quantitative estimate of drug-likeness (QED) is 0.642. The standard InChI is InChI=1S/C23H30FN3O2S/c1-4-26-10-12-27(13-11-26)22-9-8-18(24)14-21(22)17(2)25-23(28)16-30-20-7-5-6-19(15-20)29-3/h5-9,14-15,17H,4,10-13,16H2,1-3H3,(H,25,28). The van der Waals surface area contributed by atoms with E-state index in [-0.39, 0.29) is 23.5 Å². The first-order chi connectivity index (χ1) is 14.5. The number of amides is 1. The van der Waals surface area contributed by atoms with Crippen molar-refractivity contribution in [2.75, 3.05) is 50.5 Å². The van der Waals surface area contributed by atoms with Crippen molar-refractivity contribution in [2.45, 2.75) is 24.8 Å². The number of hydrogen-bond acceptors (Lipinski definition) is 5. The van der Waals surface area contributed by atoms with E-state index in [1.807, 2.05) is 37.3 Å². The van der Waals surface area contributed by atoms with Crippen LogP contribution in [0.5, 0.6) is 5.75 Å². The Morgan fingerprint density at radius 3 is 2.67 bits per heavy atom. The maximum Gasteiger partial charge on any atom is 0.230 e. The minimum Gasteiger partial charge on any atom is -0.497 e. The highest BCUT2D eigenvalue weighted by atomic mass is 32.2. The van der Waals surface area contributed by atoms with E-state index in [4.69, 9.17) is 4.74 Å². The van der Waals surface area contributed by atoms with Gasteiger partial charge in [0.05, 0.1) is 18.9 Å². The first kappa shape index (κ1) is 22.4. The van der Waals surface area contributed by atoms with Gasteiger partial charge < -0.3 is 19.9 Å². The molecule has 0 saturated carbocycles. The van der Waals surface area contributed by atoms with Gasteiger partial charge in [-0.25, -0.2) is 4.39 Å². The lowest BCUT2D eigenvalue weighted by molar-refractivity contribution is -0.119. The van der Waals surface area contributed by atoms with E-state index >= 15 is 0 Å². The Hall–Kier alpha value is -2.25. The number of benzene rings is 2. The molecule has 0 aromatic heterocycles. The third-order valence-electron chi connectivity index (χ3n) is 5.40. The fourth-order valence-electron chi connectivity index (χ4n) is 3.67. The average molecular weight is 432 g/mol. The number of carbonyl (C=O) groups excluding carboxylic acids is 1. The number of hydrogen-bond donors (Lipinski definition) is 1. The first-order valence-electron chi connectivity index (χ1n) is 10.3. The molecule has 1 unspecified atom stereocenters. The molecular formula is C23H30FN3O2S. The van der Waals surface area contributed by atoms with Crippen LogP contribution >= 0.6 is 11.8 Å². The van der Waals surface area contributed by atoms with Crippen LogP contribution in [0.25, 0.3) is 0 Å². The first-order valence-corrected chi connectivity index (χ1v) is 11.3. The molecule has 1 aliphatic heterocycles. The maximum absolute atomic E-state index is 14.0. The van der Waals surface area contributed by atoms with Gasteiger partial charge in [-0.05, 0) is 49.9 Å². The van der Waals surface area contributed by atoms with Crippen LogP contribution in [0.3, 0.4) is 0 Å². The molecule has 1 aliphatic rings. The second-order valence-electron chi connectivity index (χ2n) is 7.38. The van der Waals surface area contributed by atoms with Crippen LogP contribution in [0.4, 0.5) is 10.1 Å². The van der Waals surface area contributed by atoms with E-state index in [2.05, 4.69) is 22.0 Å². The molecule has 1 heterocycles. The van der Waals surface area contributed by atoms with Gasteiger partial charge in [0.1, 0.15) is 11.6 Å². The zero-order valence-electron chi connectivity index (χ0n) is 17.9. The summed E-state index contributed by atoms with van der Waals surface area (Å²) in [5, 5.41) is 3.03. The van der Waals surface area contributed by atoms with E-state index in [0.29, 0.717) is 0 Å². The molecule has 162 valence electrons. The number of carbonyl (C=O) groups is 1. The Bertz CT molecular complexity index is 856. The fraction of sp³-hybridized carbons (Fsp3) is 0.435. The van der Waals surface area contributed by atoms with Gasteiger partial charge in [0, 0.05) is 42.3 Å². The molecule has 7 heteroatoms. The molecule has 0 bridgehead atoms. The van der Waals surface area contributed by atoms with Crippen LogP contribution in [0.2, 0.25) is 0 Å². The highest BCUT2D eigenvalue weighted by Gasteiger charge is 2.21. The number of ether oxygens (including phenoxy) is 1. The van der Waals surface area contributed by atoms with Crippen molar-refractivity contribution < 1.29 is 13.9 Å². The predicted molar refractivity (Wildman–Crippen MR) is 121 cm³/mol. The van der Waals surface area contributed by atoms with Gasteiger partial charge >= 0.3 is 0 Å². The Morgan fingerprint density at radius 2 is 1.97 bits per heavy atom. The smallest absolute Gasteiger partial charge is 0.230 e. The summed E-state index contributed by atoms with van der Waals surface area (Å²) < 4.78 is 19.2. The Kier molecular flexibility index (Phi) is 7.99. The molecule has 0 aliphatic carbocycles. The molecule has 1 saturated heterocycles. The van der Waals surface area contributed by atoms with Crippen LogP contribution in [0, 0.1) is 5.82 Å². The minimum absolute atomic E-state index is 0.0821. The number of halogens is 1. The monoisotopic (exact) mass is 431 g/mol. The van der Waals surface area contributed by atoms with Gasteiger partial charge in [0.15, 0.2) is 0 Å². The maximum atomic E-state index is 14.0. The van der Waals surface area contributed by atoms with Gasteiger partial charge in [-0.1, -0.05) is 13.0 Å². The van der Waals surface area contributed by atoms with Crippen LogP contribution in [-0.2, 0) is 4.79 Å². The molecule has 0 spiro atoms.